The zero-order valence-electron chi connectivity index (χ0n) is 12.9. The molecule has 3 heteroatoms. The summed E-state index contributed by atoms with van der Waals surface area (Å²) in [5.74, 6) is 2.11. The van der Waals surface area contributed by atoms with Crippen LogP contribution >= 0.6 is 0 Å². The third kappa shape index (κ3) is 3.76. The van der Waals surface area contributed by atoms with E-state index in [-0.39, 0.29) is 6.10 Å². The lowest BCUT2D eigenvalue weighted by Gasteiger charge is -2.21. The minimum Gasteiger partial charge on any atom is -0.497 e. The monoisotopic (exact) mass is 285 g/mol. The first-order chi connectivity index (χ1) is 10.2. The molecule has 0 aliphatic rings. The summed E-state index contributed by atoms with van der Waals surface area (Å²) in [6, 6.07) is 16.0. The molecule has 0 heterocycles. The summed E-state index contributed by atoms with van der Waals surface area (Å²) in [7, 11) is 1.66. The van der Waals surface area contributed by atoms with E-state index in [0.29, 0.717) is 12.5 Å². The molecule has 112 valence electrons. The van der Waals surface area contributed by atoms with Gasteiger partial charge < -0.3 is 15.2 Å². The summed E-state index contributed by atoms with van der Waals surface area (Å²) in [5.41, 5.74) is 8.12. The van der Waals surface area contributed by atoms with Crippen LogP contribution in [0.4, 0.5) is 0 Å². The highest BCUT2D eigenvalue weighted by molar-refractivity contribution is 5.37. The summed E-state index contributed by atoms with van der Waals surface area (Å²) in [4.78, 5) is 0. The summed E-state index contributed by atoms with van der Waals surface area (Å²) in [5, 5.41) is 0. The van der Waals surface area contributed by atoms with E-state index >= 15 is 0 Å². The Balaban J connectivity index is 2.27. The zero-order chi connectivity index (χ0) is 15.2. The second-order valence-corrected chi connectivity index (χ2v) is 5.31. The van der Waals surface area contributed by atoms with Crippen LogP contribution in [0, 0.1) is 0 Å². The smallest absolute Gasteiger partial charge is 0.136 e. The Kier molecular flexibility index (Phi) is 5.23. The average Bonchev–Trinajstić information content (AvgIpc) is 2.52. The molecule has 1 atom stereocenters. The molecule has 2 rings (SSSR count). The molecule has 0 fully saturated rings. The average molecular weight is 285 g/mol. The standard InChI is InChI=1S/C18H23NO2/c1-13(2)16-9-4-5-10-17(16)21-18(12-19)14-7-6-8-15(11-14)20-3/h4-11,13,18H,12,19H2,1-3H3. The van der Waals surface area contributed by atoms with Crippen LogP contribution in [0.15, 0.2) is 48.5 Å². The zero-order valence-corrected chi connectivity index (χ0v) is 12.9. The second kappa shape index (κ2) is 7.14. The Morgan fingerprint density at radius 1 is 1.05 bits per heavy atom. The molecule has 21 heavy (non-hydrogen) atoms. The van der Waals surface area contributed by atoms with E-state index in [1.807, 2.05) is 42.5 Å². The number of ether oxygens (including phenoxy) is 2. The number of nitrogens with two attached hydrogens (primary N) is 1. The first-order valence-electron chi connectivity index (χ1n) is 7.25. The predicted octanol–water partition coefficient (Wildman–Crippen LogP) is 3.90. The van der Waals surface area contributed by atoms with Crippen molar-refractivity contribution in [3.8, 4) is 11.5 Å². The summed E-state index contributed by atoms with van der Waals surface area (Å²) in [6.07, 6.45) is -0.181. The first-order valence-corrected chi connectivity index (χ1v) is 7.25. The van der Waals surface area contributed by atoms with E-state index in [1.165, 1.54) is 5.56 Å². The van der Waals surface area contributed by atoms with Crippen molar-refractivity contribution < 1.29 is 9.47 Å². The van der Waals surface area contributed by atoms with Crippen LogP contribution in [0.1, 0.15) is 37.0 Å². The highest BCUT2D eigenvalue weighted by atomic mass is 16.5. The van der Waals surface area contributed by atoms with Gasteiger partial charge in [-0.05, 0) is 35.2 Å². The van der Waals surface area contributed by atoms with Gasteiger partial charge in [0, 0.05) is 6.54 Å². The van der Waals surface area contributed by atoms with E-state index in [1.54, 1.807) is 7.11 Å². The van der Waals surface area contributed by atoms with Crippen molar-refractivity contribution in [3.63, 3.8) is 0 Å². The molecule has 0 saturated carbocycles. The number of rotatable bonds is 6. The van der Waals surface area contributed by atoms with Crippen LogP contribution in [0.2, 0.25) is 0 Å². The van der Waals surface area contributed by atoms with Gasteiger partial charge in [0.2, 0.25) is 0 Å². The minimum absolute atomic E-state index is 0.181. The predicted molar refractivity (Wildman–Crippen MR) is 85.9 cm³/mol. The second-order valence-electron chi connectivity index (χ2n) is 5.31. The van der Waals surface area contributed by atoms with Gasteiger partial charge in [0.25, 0.3) is 0 Å². The minimum atomic E-state index is -0.181. The van der Waals surface area contributed by atoms with Gasteiger partial charge in [0.15, 0.2) is 0 Å². The van der Waals surface area contributed by atoms with Crippen LogP contribution < -0.4 is 15.2 Å². The van der Waals surface area contributed by atoms with Crippen molar-refractivity contribution in [2.24, 2.45) is 5.73 Å². The van der Waals surface area contributed by atoms with Crippen LogP contribution in [-0.2, 0) is 0 Å². The van der Waals surface area contributed by atoms with E-state index in [0.717, 1.165) is 17.1 Å². The van der Waals surface area contributed by atoms with Crippen LogP contribution in [0.5, 0.6) is 11.5 Å². The molecule has 0 aliphatic heterocycles. The largest absolute Gasteiger partial charge is 0.497 e. The molecule has 0 aromatic heterocycles. The molecule has 0 bridgehead atoms. The number of para-hydroxylation sites is 1. The molecule has 2 aromatic carbocycles. The summed E-state index contributed by atoms with van der Waals surface area (Å²) >= 11 is 0. The highest BCUT2D eigenvalue weighted by Crippen LogP contribution is 2.30. The molecule has 3 nitrogen and oxygen atoms in total. The number of methoxy groups -OCH3 is 1. The van der Waals surface area contributed by atoms with E-state index < -0.39 is 0 Å². The molecule has 0 saturated heterocycles. The van der Waals surface area contributed by atoms with Gasteiger partial charge >= 0.3 is 0 Å². The Bertz CT molecular complexity index is 581. The van der Waals surface area contributed by atoms with E-state index in [2.05, 4.69) is 19.9 Å². The van der Waals surface area contributed by atoms with Crippen LogP contribution in [0.3, 0.4) is 0 Å². The molecular formula is C18H23NO2. The highest BCUT2D eigenvalue weighted by Gasteiger charge is 2.15. The molecular weight excluding hydrogens is 262 g/mol. The van der Waals surface area contributed by atoms with Gasteiger partial charge in [-0.1, -0.05) is 44.2 Å². The molecule has 2 N–H and O–H groups in total. The molecule has 1 unspecified atom stereocenters. The molecule has 2 aromatic rings. The summed E-state index contributed by atoms with van der Waals surface area (Å²) < 4.78 is 11.4. The molecule has 0 radical (unpaired) electrons. The van der Waals surface area contributed by atoms with Gasteiger partial charge in [-0.2, -0.15) is 0 Å². The molecule has 0 aliphatic carbocycles. The Hall–Kier alpha value is -2.00. The number of hydrogen-bond acceptors (Lipinski definition) is 3. The molecule has 0 spiro atoms. The van der Waals surface area contributed by atoms with Gasteiger partial charge in [0.1, 0.15) is 17.6 Å². The maximum absolute atomic E-state index is 6.16. The van der Waals surface area contributed by atoms with Crippen molar-refractivity contribution >= 4 is 0 Å². The van der Waals surface area contributed by atoms with Gasteiger partial charge in [-0.15, -0.1) is 0 Å². The fourth-order valence-corrected chi connectivity index (χ4v) is 2.31. The van der Waals surface area contributed by atoms with Gasteiger partial charge in [-0.3, -0.25) is 0 Å². The quantitative estimate of drug-likeness (QED) is 0.875. The van der Waals surface area contributed by atoms with Crippen LogP contribution in [0.25, 0.3) is 0 Å². The van der Waals surface area contributed by atoms with Crippen molar-refractivity contribution in [2.75, 3.05) is 13.7 Å². The lowest BCUT2D eigenvalue weighted by atomic mass is 10.0. The Labute approximate surface area is 126 Å². The maximum Gasteiger partial charge on any atom is 0.136 e. The topological polar surface area (TPSA) is 44.5 Å². The van der Waals surface area contributed by atoms with Crippen molar-refractivity contribution in [1.82, 2.24) is 0 Å². The van der Waals surface area contributed by atoms with Crippen molar-refractivity contribution in [3.05, 3.63) is 59.7 Å². The summed E-state index contributed by atoms with van der Waals surface area (Å²) in [6.45, 7) is 4.73. The van der Waals surface area contributed by atoms with Crippen molar-refractivity contribution in [1.29, 1.82) is 0 Å². The number of benzene rings is 2. The fraction of sp³-hybridized carbons (Fsp3) is 0.333. The van der Waals surface area contributed by atoms with Gasteiger partial charge in [-0.25, -0.2) is 0 Å². The first kappa shape index (κ1) is 15.4. The van der Waals surface area contributed by atoms with E-state index in [4.69, 9.17) is 15.2 Å². The van der Waals surface area contributed by atoms with Gasteiger partial charge in [0.05, 0.1) is 7.11 Å². The third-order valence-electron chi connectivity index (χ3n) is 3.49. The molecule has 0 amide bonds. The van der Waals surface area contributed by atoms with Crippen LogP contribution in [-0.4, -0.2) is 13.7 Å². The third-order valence-corrected chi connectivity index (χ3v) is 3.49. The normalized spacial score (nSPS) is 12.2. The van der Waals surface area contributed by atoms with E-state index in [9.17, 15) is 0 Å². The number of hydrogen-bond donors (Lipinski definition) is 1. The Morgan fingerprint density at radius 2 is 1.81 bits per heavy atom. The van der Waals surface area contributed by atoms with Crippen molar-refractivity contribution in [2.45, 2.75) is 25.9 Å². The lowest BCUT2D eigenvalue weighted by Crippen LogP contribution is -2.19. The maximum atomic E-state index is 6.16. The lowest BCUT2D eigenvalue weighted by molar-refractivity contribution is 0.211. The SMILES string of the molecule is COc1cccc(C(CN)Oc2ccccc2C(C)C)c1. The Morgan fingerprint density at radius 3 is 2.48 bits per heavy atom. The fourth-order valence-electron chi connectivity index (χ4n) is 2.31.